The molecule has 0 fully saturated rings. The van der Waals surface area contributed by atoms with Gasteiger partial charge in [0.25, 0.3) is 11.7 Å². The number of cyclic esters (lactones) is 1. The number of nitrogens with one attached hydrogen (secondary N) is 1. The fourth-order valence-electron chi connectivity index (χ4n) is 3.62. The molecule has 1 N–H and O–H groups in total. The van der Waals surface area contributed by atoms with Crippen molar-refractivity contribution in [2.45, 2.75) is 13.0 Å². The molecule has 0 aliphatic carbocycles. The second-order valence-corrected chi connectivity index (χ2v) is 8.03. The van der Waals surface area contributed by atoms with E-state index in [1.165, 1.54) is 0 Å². The molecule has 0 unspecified atom stereocenters. The van der Waals surface area contributed by atoms with Crippen molar-refractivity contribution in [1.82, 2.24) is 14.8 Å². The first-order valence-electron chi connectivity index (χ1n) is 10.4. The lowest BCUT2D eigenvalue weighted by Crippen LogP contribution is -2.31. The van der Waals surface area contributed by atoms with E-state index in [0.29, 0.717) is 18.4 Å². The van der Waals surface area contributed by atoms with Crippen LogP contribution >= 0.6 is 0 Å². The molecule has 2 aromatic carbocycles. The maximum Gasteiger partial charge on any atom is 0.333 e. The quantitative estimate of drug-likeness (QED) is 0.341. The highest BCUT2D eigenvalue weighted by Gasteiger charge is 2.24. The molecule has 2 heterocycles. The maximum atomic E-state index is 12.9. The van der Waals surface area contributed by atoms with Crippen LogP contribution in [0.15, 0.2) is 66.5 Å². The van der Waals surface area contributed by atoms with Gasteiger partial charge < -0.3 is 19.5 Å². The molecule has 0 atom stereocenters. The number of hydrogen-bond acceptors (Lipinski definition) is 5. The number of nitrogens with zero attached hydrogens (tertiary/aromatic N) is 2. The first kappa shape index (κ1) is 22.0. The van der Waals surface area contributed by atoms with Crippen LogP contribution in [0.2, 0.25) is 0 Å². The molecule has 33 heavy (non-hydrogen) atoms. The van der Waals surface area contributed by atoms with Gasteiger partial charge in [-0.3, -0.25) is 14.4 Å². The van der Waals surface area contributed by atoms with Crippen molar-refractivity contribution >= 4 is 34.5 Å². The van der Waals surface area contributed by atoms with Gasteiger partial charge in [0.2, 0.25) is 5.91 Å². The van der Waals surface area contributed by atoms with Crippen LogP contribution in [0.25, 0.3) is 10.9 Å². The number of carbonyl (C=O) groups excluding carboxylic acids is 4. The Bertz CT molecular complexity index is 1290. The van der Waals surface area contributed by atoms with Crippen LogP contribution in [0.3, 0.4) is 0 Å². The summed E-state index contributed by atoms with van der Waals surface area (Å²) in [5.74, 6) is -2.03. The molecule has 0 radical (unpaired) electrons. The van der Waals surface area contributed by atoms with E-state index in [9.17, 15) is 19.2 Å². The number of ketones is 1. The summed E-state index contributed by atoms with van der Waals surface area (Å²) in [5, 5.41) is 3.11. The van der Waals surface area contributed by atoms with Gasteiger partial charge in [-0.05, 0) is 17.2 Å². The van der Waals surface area contributed by atoms with Gasteiger partial charge in [-0.1, -0.05) is 42.5 Å². The Balaban J connectivity index is 1.55. The number of ether oxygens (including phenoxy) is 1. The number of aromatic nitrogens is 1. The summed E-state index contributed by atoms with van der Waals surface area (Å²) in [4.78, 5) is 50.0. The Morgan fingerprint density at radius 3 is 2.39 bits per heavy atom. The highest BCUT2D eigenvalue weighted by Crippen LogP contribution is 2.23. The van der Waals surface area contributed by atoms with E-state index in [4.69, 9.17) is 4.74 Å². The van der Waals surface area contributed by atoms with Crippen molar-refractivity contribution in [1.29, 1.82) is 0 Å². The Morgan fingerprint density at radius 2 is 1.73 bits per heavy atom. The van der Waals surface area contributed by atoms with Gasteiger partial charge >= 0.3 is 5.97 Å². The van der Waals surface area contributed by atoms with Gasteiger partial charge in [-0.2, -0.15) is 0 Å². The topological polar surface area (TPSA) is 97.7 Å². The summed E-state index contributed by atoms with van der Waals surface area (Å²) in [6, 6.07) is 15.1. The second kappa shape index (κ2) is 9.12. The smallest absolute Gasteiger partial charge is 0.333 e. The summed E-state index contributed by atoms with van der Waals surface area (Å²) in [5.41, 5.74) is 3.27. The van der Waals surface area contributed by atoms with Crippen molar-refractivity contribution in [3.63, 3.8) is 0 Å². The third-order valence-electron chi connectivity index (χ3n) is 5.41. The molecule has 4 rings (SSSR count). The molecule has 1 aliphatic heterocycles. The molecule has 1 aromatic heterocycles. The lowest BCUT2D eigenvalue weighted by molar-refractivity contribution is -0.135. The van der Waals surface area contributed by atoms with Gasteiger partial charge in [0.05, 0.1) is 17.7 Å². The normalized spacial score (nSPS) is 12.9. The zero-order chi connectivity index (χ0) is 23.5. The van der Waals surface area contributed by atoms with Crippen LogP contribution in [-0.2, 0) is 32.1 Å². The van der Waals surface area contributed by atoms with Gasteiger partial charge in [-0.15, -0.1) is 0 Å². The third-order valence-corrected chi connectivity index (χ3v) is 5.41. The van der Waals surface area contributed by atoms with E-state index in [1.54, 1.807) is 31.3 Å². The van der Waals surface area contributed by atoms with Crippen molar-refractivity contribution in [3.05, 3.63) is 83.2 Å². The number of para-hydroxylation sites is 1. The van der Waals surface area contributed by atoms with Crippen LogP contribution < -0.4 is 5.32 Å². The van der Waals surface area contributed by atoms with E-state index < -0.39 is 17.7 Å². The average Bonchev–Trinajstić information content (AvgIpc) is 3.37. The summed E-state index contributed by atoms with van der Waals surface area (Å²) in [6.07, 6.45) is 3.16. The molecule has 0 saturated heterocycles. The van der Waals surface area contributed by atoms with Crippen LogP contribution in [0.5, 0.6) is 0 Å². The molecule has 1 aliphatic rings. The summed E-state index contributed by atoms with van der Waals surface area (Å²) in [7, 11) is 3.45. The van der Waals surface area contributed by atoms with Gasteiger partial charge in [0, 0.05) is 43.8 Å². The molecule has 3 aromatic rings. The number of esters is 1. The zero-order valence-corrected chi connectivity index (χ0v) is 18.3. The molecule has 0 spiro atoms. The van der Waals surface area contributed by atoms with E-state index >= 15 is 0 Å². The van der Waals surface area contributed by atoms with E-state index in [1.807, 2.05) is 47.0 Å². The Morgan fingerprint density at radius 1 is 1.03 bits per heavy atom. The molecule has 168 valence electrons. The Hall–Kier alpha value is -4.20. The van der Waals surface area contributed by atoms with Crippen molar-refractivity contribution in [2.75, 3.05) is 20.7 Å². The predicted molar refractivity (Wildman–Crippen MR) is 121 cm³/mol. The SMILES string of the molecule is CN(C)C(=O)Cc1ccc(Cn2cc(C(=O)C(=O)NC3=CC(=O)OC3)c3ccccc32)cc1. The van der Waals surface area contributed by atoms with E-state index in [-0.39, 0.29) is 23.8 Å². The fraction of sp³-hybridized carbons (Fsp3) is 0.200. The Labute approximate surface area is 190 Å². The van der Waals surface area contributed by atoms with Crippen molar-refractivity contribution in [2.24, 2.45) is 0 Å². The number of hydrogen-bond donors (Lipinski definition) is 1. The summed E-state index contributed by atoms with van der Waals surface area (Å²) >= 11 is 0. The molecular weight excluding hydrogens is 422 g/mol. The zero-order valence-electron chi connectivity index (χ0n) is 18.3. The number of carbonyl (C=O) groups is 4. The summed E-state index contributed by atoms with van der Waals surface area (Å²) in [6.45, 7) is 0.431. The Kier molecular flexibility index (Phi) is 6.08. The number of rotatable bonds is 7. The van der Waals surface area contributed by atoms with Gasteiger partial charge in [0.1, 0.15) is 6.61 Å². The minimum absolute atomic E-state index is 0.0323. The lowest BCUT2D eigenvalue weighted by Gasteiger charge is -2.11. The summed E-state index contributed by atoms with van der Waals surface area (Å²) < 4.78 is 6.66. The minimum atomic E-state index is -0.822. The highest BCUT2D eigenvalue weighted by atomic mass is 16.5. The fourth-order valence-corrected chi connectivity index (χ4v) is 3.62. The number of benzene rings is 2. The molecule has 2 amide bonds. The number of Topliss-reactive ketones (excluding diaryl/α,β-unsaturated/α-hetero) is 1. The molecule has 8 nitrogen and oxygen atoms in total. The predicted octanol–water partition coefficient (Wildman–Crippen LogP) is 2.06. The first-order chi connectivity index (χ1) is 15.8. The third kappa shape index (κ3) is 4.85. The standard InChI is InChI=1S/C25H23N3O5/c1-27(2)22(29)11-16-7-9-17(10-8-16)13-28-14-20(19-5-3-4-6-21(19)28)24(31)25(32)26-18-12-23(30)33-15-18/h3-10,12,14H,11,13,15H2,1-2H3,(H,26,32). The van der Waals surface area contributed by atoms with Crippen LogP contribution in [-0.4, -0.2) is 53.7 Å². The van der Waals surface area contributed by atoms with Crippen LogP contribution in [0.1, 0.15) is 21.5 Å². The monoisotopic (exact) mass is 445 g/mol. The second-order valence-electron chi connectivity index (χ2n) is 8.03. The van der Waals surface area contributed by atoms with Crippen molar-refractivity contribution in [3.8, 4) is 0 Å². The average molecular weight is 445 g/mol. The minimum Gasteiger partial charge on any atom is -0.456 e. The van der Waals surface area contributed by atoms with Gasteiger partial charge in [0.15, 0.2) is 0 Å². The molecule has 8 heteroatoms. The molecular formula is C25H23N3O5. The number of amides is 2. The number of fused-ring (bicyclic) bond motifs is 1. The highest BCUT2D eigenvalue weighted by molar-refractivity contribution is 6.45. The lowest BCUT2D eigenvalue weighted by atomic mass is 10.1. The first-order valence-corrected chi connectivity index (χ1v) is 10.4. The number of likely N-dealkylation sites (N-methyl/N-ethyl adjacent to an activating group) is 1. The van der Waals surface area contributed by atoms with Crippen LogP contribution in [0, 0.1) is 0 Å². The van der Waals surface area contributed by atoms with Crippen molar-refractivity contribution < 1.29 is 23.9 Å². The van der Waals surface area contributed by atoms with E-state index in [2.05, 4.69) is 5.32 Å². The van der Waals surface area contributed by atoms with Crippen LogP contribution in [0.4, 0.5) is 0 Å². The molecule has 0 saturated carbocycles. The van der Waals surface area contributed by atoms with E-state index in [0.717, 1.165) is 22.7 Å². The molecule has 0 bridgehead atoms. The largest absolute Gasteiger partial charge is 0.456 e. The van der Waals surface area contributed by atoms with Gasteiger partial charge in [-0.25, -0.2) is 4.79 Å². The maximum absolute atomic E-state index is 12.9.